The van der Waals surface area contributed by atoms with Gasteiger partial charge in [0.05, 0.1) is 33.0 Å². The first-order valence-corrected chi connectivity index (χ1v) is 9.83. The van der Waals surface area contributed by atoms with Gasteiger partial charge in [-0.1, -0.05) is 12.1 Å². The van der Waals surface area contributed by atoms with Crippen LogP contribution in [0.4, 0.5) is 0 Å². The van der Waals surface area contributed by atoms with Crippen LogP contribution in [-0.2, 0) is 19.0 Å². The van der Waals surface area contributed by atoms with Gasteiger partial charge in [0.1, 0.15) is 32.3 Å². The Kier molecular flexibility index (Phi) is 7.50. The van der Waals surface area contributed by atoms with Gasteiger partial charge < -0.3 is 33.3 Å². The van der Waals surface area contributed by atoms with E-state index in [-0.39, 0.29) is 25.2 Å². The van der Waals surface area contributed by atoms with Gasteiger partial charge in [0.25, 0.3) is 0 Å². The first-order chi connectivity index (χ1) is 13.6. The molecule has 2 unspecified atom stereocenters. The van der Waals surface area contributed by atoms with Gasteiger partial charge in [0, 0.05) is 0 Å². The summed E-state index contributed by atoms with van der Waals surface area (Å²) in [6.45, 7) is 6.20. The van der Waals surface area contributed by atoms with Crippen LogP contribution in [-0.4, -0.2) is 93.6 Å². The zero-order valence-corrected chi connectivity index (χ0v) is 16.4. The number of nitrogens with zero attached hydrogens (tertiary/aromatic N) is 1. The van der Waals surface area contributed by atoms with Crippen LogP contribution in [0.15, 0.2) is 24.3 Å². The molecule has 0 spiro atoms. The molecule has 2 heterocycles. The summed E-state index contributed by atoms with van der Waals surface area (Å²) in [4.78, 5) is 12.0. The van der Waals surface area contributed by atoms with Crippen LogP contribution in [0.5, 0.6) is 11.5 Å². The Hall–Kier alpha value is -1.87. The fraction of sp³-hybridized carbons (Fsp3) is 0.650. The number of hydrogen-bond acceptors (Lipinski definition) is 7. The number of carbonyl (C=O) groups excluding carboxylic acids is 1. The van der Waals surface area contributed by atoms with Crippen molar-refractivity contribution in [3.05, 3.63) is 24.3 Å². The van der Waals surface area contributed by atoms with Crippen molar-refractivity contribution in [2.45, 2.75) is 19.1 Å². The number of quaternary nitrogens is 1. The molecule has 1 aromatic rings. The second-order valence-electron chi connectivity index (χ2n) is 7.24. The Morgan fingerprint density at radius 2 is 2.04 bits per heavy atom. The van der Waals surface area contributed by atoms with E-state index in [1.165, 1.54) is 0 Å². The van der Waals surface area contributed by atoms with Crippen LogP contribution in [0.25, 0.3) is 0 Å². The van der Waals surface area contributed by atoms with Gasteiger partial charge >= 0.3 is 5.97 Å². The van der Waals surface area contributed by atoms with Crippen molar-refractivity contribution in [2.75, 3.05) is 65.8 Å². The second-order valence-corrected chi connectivity index (χ2v) is 7.24. The molecule has 0 saturated carbocycles. The monoisotopic (exact) mass is 396 g/mol. The SMILES string of the molecule is CCOC(=O)C[N+]1(CC(O)COCC2COc3ccccc3O2)CCOCC1. The quantitative estimate of drug-likeness (QED) is 0.484. The Balaban J connectivity index is 1.44. The molecule has 2 aliphatic rings. The molecule has 8 nitrogen and oxygen atoms in total. The first kappa shape index (κ1) is 20.9. The third kappa shape index (κ3) is 5.81. The van der Waals surface area contributed by atoms with E-state index < -0.39 is 6.10 Å². The molecular formula is C20H30NO7+. The fourth-order valence-electron chi connectivity index (χ4n) is 3.60. The molecule has 1 aromatic carbocycles. The third-order valence-electron chi connectivity index (χ3n) is 4.97. The molecule has 0 bridgehead atoms. The van der Waals surface area contributed by atoms with E-state index in [1.54, 1.807) is 6.92 Å². The molecule has 1 N–H and O–H groups in total. The molecular weight excluding hydrogens is 366 g/mol. The lowest BCUT2D eigenvalue weighted by molar-refractivity contribution is -0.931. The number of fused-ring (bicyclic) bond motifs is 1. The van der Waals surface area contributed by atoms with Crippen molar-refractivity contribution in [3.8, 4) is 11.5 Å². The lowest BCUT2D eigenvalue weighted by Crippen LogP contribution is -2.60. The molecule has 2 aliphatic heterocycles. The summed E-state index contributed by atoms with van der Waals surface area (Å²) in [5, 5.41) is 10.5. The predicted molar refractivity (Wildman–Crippen MR) is 100 cm³/mol. The number of aliphatic hydroxyl groups excluding tert-OH is 1. The molecule has 0 aliphatic carbocycles. The summed E-state index contributed by atoms with van der Waals surface area (Å²) in [5.41, 5.74) is 0. The zero-order valence-electron chi connectivity index (χ0n) is 16.4. The number of esters is 1. The predicted octanol–water partition coefficient (Wildman–Crippen LogP) is 0.614. The van der Waals surface area contributed by atoms with Crippen LogP contribution in [0.2, 0.25) is 0 Å². The number of carbonyl (C=O) groups is 1. The minimum Gasteiger partial charge on any atom is -0.486 e. The summed E-state index contributed by atoms with van der Waals surface area (Å²) in [6.07, 6.45) is -0.905. The van der Waals surface area contributed by atoms with Crippen LogP contribution < -0.4 is 9.47 Å². The number of aliphatic hydroxyl groups is 1. The van der Waals surface area contributed by atoms with E-state index in [0.29, 0.717) is 62.9 Å². The Morgan fingerprint density at radius 1 is 1.29 bits per heavy atom. The van der Waals surface area contributed by atoms with Crippen LogP contribution in [0, 0.1) is 0 Å². The standard InChI is InChI=1S/C20H30NO7/c1-2-26-20(23)12-21(7-9-24-10-8-21)11-16(22)13-25-14-17-15-27-18-5-3-4-6-19(18)28-17/h3-6,16-17,22H,2,7-15H2,1H3/q+1. The van der Waals surface area contributed by atoms with Gasteiger partial charge in [-0.3, -0.25) is 0 Å². The van der Waals surface area contributed by atoms with E-state index in [4.69, 9.17) is 23.7 Å². The van der Waals surface area contributed by atoms with Gasteiger partial charge in [-0.15, -0.1) is 0 Å². The maximum absolute atomic E-state index is 12.0. The molecule has 156 valence electrons. The van der Waals surface area contributed by atoms with E-state index in [9.17, 15) is 9.90 Å². The maximum atomic E-state index is 12.0. The third-order valence-corrected chi connectivity index (χ3v) is 4.97. The Morgan fingerprint density at radius 3 is 2.79 bits per heavy atom. The van der Waals surface area contributed by atoms with E-state index in [2.05, 4.69) is 0 Å². The highest BCUT2D eigenvalue weighted by atomic mass is 16.6. The molecule has 1 fully saturated rings. The fourth-order valence-corrected chi connectivity index (χ4v) is 3.60. The number of hydrogen-bond donors (Lipinski definition) is 1. The van der Waals surface area contributed by atoms with Crippen LogP contribution in [0.3, 0.4) is 0 Å². The Labute approximate surface area is 165 Å². The van der Waals surface area contributed by atoms with Crippen molar-refractivity contribution in [1.29, 1.82) is 0 Å². The number of morpholine rings is 1. The van der Waals surface area contributed by atoms with Gasteiger partial charge in [-0.2, -0.15) is 0 Å². The summed E-state index contributed by atoms with van der Waals surface area (Å²) < 4.78 is 28.2. The molecule has 3 rings (SSSR count). The number of ether oxygens (including phenoxy) is 5. The molecule has 0 amide bonds. The largest absolute Gasteiger partial charge is 0.486 e. The first-order valence-electron chi connectivity index (χ1n) is 9.83. The minimum absolute atomic E-state index is 0.172. The molecule has 28 heavy (non-hydrogen) atoms. The summed E-state index contributed by atoms with van der Waals surface area (Å²) >= 11 is 0. The van der Waals surface area contributed by atoms with Crippen molar-refractivity contribution in [1.82, 2.24) is 0 Å². The molecule has 8 heteroatoms. The summed E-state index contributed by atoms with van der Waals surface area (Å²) in [5.74, 6) is 1.19. The van der Waals surface area contributed by atoms with Crippen LogP contribution >= 0.6 is 0 Å². The van der Waals surface area contributed by atoms with E-state index >= 15 is 0 Å². The van der Waals surface area contributed by atoms with E-state index in [1.807, 2.05) is 24.3 Å². The minimum atomic E-state index is -0.690. The smallest absolute Gasteiger partial charge is 0.361 e. The van der Waals surface area contributed by atoms with Crippen molar-refractivity contribution < 1.29 is 38.1 Å². The summed E-state index contributed by atoms with van der Waals surface area (Å²) in [7, 11) is 0. The second kappa shape index (κ2) is 10.1. The number of para-hydroxylation sites is 2. The number of benzene rings is 1. The highest BCUT2D eigenvalue weighted by molar-refractivity contribution is 5.70. The van der Waals surface area contributed by atoms with Crippen molar-refractivity contribution >= 4 is 5.97 Å². The lowest BCUT2D eigenvalue weighted by atomic mass is 10.2. The van der Waals surface area contributed by atoms with Gasteiger partial charge in [-0.05, 0) is 19.1 Å². The van der Waals surface area contributed by atoms with Crippen LogP contribution in [0.1, 0.15) is 6.92 Å². The average molecular weight is 396 g/mol. The van der Waals surface area contributed by atoms with Gasteiger partial charge in [-0.25, -0.2) is 4.79 Å². The lowest BCUT2D eigenvalue weighted by Gasteiger charge is -2.41. The highest BCUT2D eigenvalue weighted by Crippen LogP contribution is 2.30. The Bertz CT molecular complexity index is 633. The number of rotatable bonds is 9. The zero-order chi connectivity index (χ0) is 19.8. The van der Waals surface area contributed by atoms with Crippen molar-refractivity contribution in [2.24, 2.45) is 0 Å². The van der Waals surface area contributed by atoms with Gasteiger partial charge in [0.2, 0.25) is 0 Å². The normalized spacial score (nSPS) is 21.7. The average Bonchev–Trinajstić information content (AvgIpc) is 2.68. The molecule has 2 atom stereocenters. The van der Waals surface area contributed by atoms with E-state index in [0.717, 1.165) is 5.75 Å². The molecule has 0 aromatic heterocycles. The summed E-state index contributed by atoms with van der Waals surface area (Å²) in [6, 6.07) is 7.52. The maximum Gasteiger partial charge on any atom is 0.361 e. The molecule has 0 radical (unpaired) electrons. The van der Waals surface area contributed by atoms with Crippen molar-refractivity contribution in [3.63, 3.8) is 0 Å². The molecule has 1 saturated heterocycles. The highest BCUT2D eigenvalue weighted by Gasteiger charge is 2.36. The topological polar surface area (TPSA) is 83.5 Å². The van der Waals surface area contributed by atoms with Gasteiger partial charge in [0.15, 0.2) is 24.1 Å².